The van der Waals surface area contributed by atoms with Gasteiger partial charge in [-0.3, -0.25) is 0 Å². The second kappa shape index (κ2) is 8.83. The summed E-state index contributed by atoms with van der Waals surface area (Å²) in [6, 6.07) is 8.19. The standard InChI is InChI=1S/C20H25N3O4S2/c24-20(23-9-5-19-16(14-23)8-12-28-19)22-17-1-3-18(4-2-17)29(25,26)21-13-15-6-10-27-11-7-15/h1-4,8,12,15,21H,5-7,9-11,13-14H2,(H,22,24). The number of rotatable bonds is 5. The van der Waals surface area contributed by atoms with Crippen LogP contribution in [0, 0.1) is 5.92 Å². The highest BCUT2D eigenvalue weighted by Crippen LogP contribution is 2.24. The van der Waals surface area contributed by atoms with E-state index >= 15 is 0 Å². The van der Waals surface area contributed by atoms with E-state index in [9.17, 15) is 13.2 Å². The third-order valence-corrected chi connectivity index (χ3v) is 7.88. The molecule has 0 bridgehead atoms. The van der Waals surface area contributed by atoms with Crippen LogP contribution in [-0.4, -0.2) is 45.7 Å². The number of carbonyl (C=O) groups is 1. The van der Waals surface area contributed by atoms with Gasteiger partial charge in [-0.2, -0.15) is 0 Å². The SMILES string of the molecule is O=C(Nc1ccc(S(=O)(=O)NCC2CCOCC2)cc1)N1CCc2sccc2C1. The molecular weight excluding hydrogens is 410 g/mol. The van der Waals surface area contributed by atoms with Crippen LogP contribution in [0.4, 0.5) is 10.5 Å². The van der Waals surface area contributed by atoms with E-state index in [1.807, 2.05) is 0 Å². The van der Waals surface area contributed by atoms with Gasteiger partial charge in [0.2, 0.25) is 10.0 Å². The van der Waals surface area contributed by atoms with E-state index < -0.39 is 10.0 Å². The molecule has 2 aliphatic heterocycles. The summed E-state index contributed by atoms with van der Waals surface area (Å²) in [5.74, 6) is 0.311. The molecule has 4 rings (SSSR count). The summed E-state index contributed by atoms with van der Waals surface area (Å²) in [6.07, 6.45) is 2.62. The van der Waals surface area contributed by atoms with Crippen LogP contribution >= 0.6 is 11.3 Å². The van der Waals surface area contributed by atoms with Crippen LogP contribution < -0.4 is 10.0 Å². The fourth-order valence-electron chi connectivity index (χ4n) is 3.60. The van der Waals surface area contributed by atoms with Crippen molar-refractivity contribution in [3.8, 4) is 0 Å². The number of amides is 2. The number of nitrogens with one attached hydrogen (secondary N) is 2. The quantitative estimate of drug-likeness (QED) is 0.756. The van der Waals surface area contributed by atoms with Crippen molar-refractivity contribution in [2.24, 2.45) is 5.92 Å². The smallest absolute Gasteiger partial charge is 0.322 e. The Hall–Kier alpha value is -1.94. The van der Waals surface area contributed by atoms with Crippen LogP contribution in [0.3, 0.4) is 0 Å². The molecule has 0 unspecified atom stereocenters. The van der Waals surface area contributed by atoms with E-state index in [0.29, 0.717) is 44.5 Å². The molecule has 29 heavy (non-hydrogen) atoms. The maximum absolute atomic E-state index is 12.5. The molecule has 156 valence electrons. The summed E-state index contributed by atoms with van der Waals surface area (Å²) < 4.78 is 33.0. The Morgan fingerprint density at radius 3 is 2.69 bits per heavy atom. The number of hydrogen-bond acceptors (Lipinski definition) is 5. The van der Waals surface area contributed by atoms with E-state index in [-0.39, 0.29) is 10.9 Å². The van der Waals surface area contributed by atoms with Crippen molar-refractivity contribution in [1.29, 1.82) is 0 Å². The lowest BCUT2D eigenvalue weighted by Gasteiger charge is -2.27. The second-order valence-corrected chi connectivity index (χ2v) is 10.2. The molecule has 2 aromatic rings. The minimum atomic E-state index is -3.57. The molecular formula is C20H25N3O4S2. The lowest BCUT2D eigenvalue weighted by molar-refractivity contribution is 0.0678. The number of hydrogen-bond donors (Lipinski definition) is 2. The summed E-state index contributed by atoms with van der Waals surface area (Å²) in [7, 11) is -3.57. The van der Waals surface area contributed by atoms with Crippen molar-refractivity contribution in [3.05, 3.63) is 46.2 Å². The second-order valence-electron chi connectivity index (χ2n) is 7.40. The predicted octanol–water partition coefficient (Wildman–Crippen LogP) is 3.04. The lowest BCUT2D eigenvalue weighted by atomic mass is 10.0. The first-order valence-corrected chi connectivity index (χ1v) is 12.2. The normalized spacial score (nSPS) is 17.7. The first-order valence-electron chi connectivity index (χ1n) is 9.80. The monoisotopic (exact) mass is 435 g/mol. The number of thiophene rings is 1. The first-order chi connectivity index (χ1) is 14.0. The summed E-state index contributed by atoms with van der Waals surface area (Å²) in [5.41, 5.74) is 1.78. The van der Waals surface area contributed by atoms with E-state index in [1.54, 1.807) is 28.4 Å². The van der Waals surface area contributed by atoms with Gasteiger partial charge in [0.25, 0.3) is 0 Å². The van der Waals surface area contributed by atoms with Gasteiger partial charge >= 0.3 is 6.03 Å². The van der Waals surface area contributed by atoms with Crippen LogP contribution in [-0.2, 0) is 27.7 Å². The molecule has 1 aromatic heterocycles. The van der Waals surface area contributed by atoms with Gasteiger partial charge in [-0.1, -0.05) is 0 Å². The Bertz CT molecular complexity index is 950. The molecule has 2 amide bonds. The number of sulfonamides is 1. The molecule has 0 aliphatic carbocycles. The highest BCUT2D eigenvalue weighted by atomic mass is 32.2. The van der Waals surface area contributed by atoms with Gasteiger partial charge in [-0.05, 0) is 66.5 Å². The molecule has 1 saturated heterocycles. The lowest BCUT2D eigenvalue weighted by Crippen LogP contribution is -2.38. The Morgan fingerprint density at radius 2 is 1.93 bits per heavy atom. The topological polar surface area (TPSA) is 87.7 Å². The summed E-state index contributed by atoms with van der Waals surface area (Å²) in [4.78, 5) is 15.9. The van der Waals surface area contributed by atoms with Crippen molar-refractivity contribution in [2.45, 2.75) is 30.7 Å². The average Bonchev–Trinajstić information content (AvgIpc) is 3.21. The van der Waals surface area contributed by atoms with Gasteiger partial charge in [0, 0.05) is 43.4 Å². The minimum Gasteiger partial charge on any atom is -0.381 e. The molecule has 0 spiro atoms. The van der Waals surface area contributed by atoms with Gasteiger partial charge in [0.1, 0.15) is 0 Å². The molecule has 1 aromatic carbocycles. The van der Waals surface area contributed by atoms with E-state index in [4.69, 9.17) is 4.74 Å². The van der Waals surface area contributed by atoms with Crippen LogP contribution in [0.2, 0.25) is 0 Å². The highest BCUT2D eigenvalue weighted by molar-refractivity contribution is 7.89. The van der Waals surface area contributed by atoms with Crippen molar-refractivity contribution in [1.82, 2.24) is 9.62 Å². The van der Waals surface area contributed by atoms with Crippen LogP contribution in [0.15, 0.2) is 40.6 Å². The van der Waals surface area contributed by atoms with Crippen molar-refractivity contribution in [2.75, 3.05) is 31.6 Å². The molecule has 0 atom stereocenters. The molecule has 9 heteroatoms. The number of fused-ring (bicyclic) bond motifs is 1. The van der Waals surface area contributed by atoms with Crippen molar-refractivity contribution in [3.63, 3.8) is 0 Å². The number of carbonyl (C=O) groups excluding carboxylic acids is 1. The maximum Gasteiger partial charge on any atom is 0.322 e. The van der Waals surface area contributed by atoms with E-state index in [1.165, 1.54) is 22.6 Å². The first kappa shape index (κ1) is 20.3. The number of benzene rings is 1. The maximum atomic E-state index is 12.5. The van der Waals surface area contributed by atoms with Gasteiger partial charge in [-0.15, -0.1) is 11.3 Å². The summed E-state index contributed by atoms with van der Waals surface area (Å²) >= 11 is 1.73. The fourth-order valence-corrected chi connectivity index (χ4v) is 5.61. The molecule has 2 N–H and O–H groups in total. The van der Waals surface area contributed by atoms with Crippen LogP contribution in [0.1, 0.15) is 23.3 Å². The third kappa shape index (κ3) is 4.98. The number of ether oxygens (including phenoxy) is 1. The van der Waals surface area contributed by atoms with Gasteiger partial charge in [0.15, 0.2) is 0 Å². The van der Waals surface area contributed by atoms with E-state index in [2.05, 4.69) is 21.5 Å². The number of nitrogens with zero attached hydrogens (tertiary/aromatic N) is 1. The highest BCUT2D eigenvalue weighted by Gasteiger charge is 2.22. The van der Waals surface area contributed by atoms with Crippen molar-refractivity contribution < 1.29 is 17.9 Å². The van der Waals surface area contributed by atoms with Crippen LogP contribution in [0.25, 0.3) is 0 Å². The zero-order valence-electron chi connectivity index (χ0n) is 16.1. The predicted molar refractivity (Wildman–Crippen MR) is 113 cm³/mol. The van der Waals surface area contributed by atoms with Gasteiger partial charge < -0.3 is 15.0 Å². The largest absolute Gasteiger partial charge is 0.381 e. The number of urea groups is 1. The Balaban J connectivity index is 1.33. The summed E-state index contributed by atoms with van der Waals surface area (Å²) in [6.45, 7) is 3.08. The zero-order chi connectivity index (χ0) is 20.3. The minimum absolute atomic E-state index is 0.171. The molecule has 2 aliphatic rings. The Morgan fingerprint density at radius 1 is 1.17 bits per heavy atom. The summed E-state index contributed by atoms with van der Waals surface area (Å²) in [5, 5.41) is 4.92. The molecule has 7 nitrogen and oxygen atoms in total. The molecule has 1 fully saturated rings. The number of anilines is 1. The Labute approximate surface area is 175 Å². The van der Waals surface area contributed by atoms with Gasteiger partial charge in [0.05, 0.1) is 4.90 Å². The fraction of sp³-hybridized carbons (Fsp3) is 0.450. The average molecular weight is 436 g/mol. The Kier molecular flexibility index (Phi) is 6.19. The third-order valence-electron chi connectivity index (χ3n) is 5.41. The van der Waals surface area contributed by atoms with Crippen molar-refractivity contribution >= 4 is 33.1 Å². The molecule has 0 saturated carbocycles. The van der Waals surface area contributed by atoms with Gasteiger partial charge in [-0.25, -0.2) is 17.9 Å². The molecule has 3 heterocycles. The molecule has 0 radical (unpaired) electrons. The van der Waals surface area contributed by atoms with Crippen LogP contribution in [0.5, 0.6) is 0 Å². The van der Waals surface area contributed by atoms with E-state index in [0.717, 1.165) is 19.3 Å². The zero-order valence-corrected chi connectivity index (χ0v) is 17.7.